The van der Waals surface area contributed by atoms with Gasteiger partial charge in [-0.25, -0.2) is 0 Å². The van der Waals surface area contributed by atoms with Crippen molar-refractivity contribution < 1.29 is 4.79 Å². The third-order valence-electron chi connectivity index (χ3n) is 5.43. The van der Waals surface area contributed by atoms with Gasteiger partial charge in [-0.2, -0.15) is 0 Å². The molecule has 0 spiro atoms. The number of hydrogen-bond acceptors (Lipinski definition) is 4. The third-order valence-corrected chi connectivity index (χ3v) is 5.43. The molecule has 0 amide bonds. The first kappa shape index (κ1) is 29.2. The minimum Gasteiger partial charge on any atom is -0.329 e. The zero-order valence-corrected chi connectivity index (χ0v) is 21.7. The van der Waals surface area contributed by atoms with Gasteiger partial charge in [0.2, 0.25) is 0 Å². The van der Waals surface area contributed by atoms with Gasteiger partial charge < -0.3 is 5.73 Å². The van der Waals surface area contributed by atoms with Gasteiger partial charge in [0, 0.05) is 31.4 Å². The van der Waals surface area contributed by atoms with Crippen molar-refractivity contribution in [3.63, 3.8) is 0 Å². The van der Waals surface area contributed by atoms with Crippen molar-refractivity contribution in [1.29, 1.82) is 0 Å². The number of aromatic nitrogens is 1. The number of benzene rings is 2. The molecular weight excluding hydrogens is 418 g/mol. The number of pyridine rings is 1. The fourth-order valence-electron chi connectivity index (χ4n) is 3.95. The maximum Gasteiger partial charge on any atom is 0.134 e. The zero-order chi connectivity index (χ0) is 25.2. The van der Waals surface area contributed by atoms with Gasteiger partial charge in [0.15, 0.2) is 0 Å². The van der Waals surface area contributed by atoms with E-state index < -0.39 is 0 Å². The largest absolute Gasteiger partial charge is 0.329 e. The van der Waals surface area contributed by atoms with Gasteiger partial charge in [0.25, 0.3) is 0 Å². The van der Waals surface area contributed by atoms with Gasteiger partial charge in [-0.05, 0) is 49.1 Å². The summed E-state index contributed by atoms with van der Waals surface area (Å²) in [7, 11) is 0. The topological polar surface area (TPSA) is 59.2 Å². The highest BCUT2D eigenvalue weighted by atomic mass is 16.1. The lowest BCUT2D eigenvalue weighted by atomic mass is 9.94. The molecule has 3 rings (SSSR count). The normalized spacial score (nSPS) is 11.2. The second-order valence-electron chi connectivity index (χ2n) is 8.00. The summed E-state index contributed by atoms with van der Waals surface area (Å²) in [5.74, 6) is 0.174. The molecule has 1 aromatic heterocycles. The van der Waals surface area contributed by atoms with Crippen molar-refractivity contribution in [3.05, 3.63) is 102 Å². The number of carbonyl (C=O) groups is 1. The predicted octanol–water partition coefficient (Wildman–Crippen LogP) is 6.46. The standard InChI is InChI=1S/C20H28N2.C8H9NO.C2H6/c1-3-15-22(19(4-2)16-21)20(17-11-7-5-8-12-17)18-13-9-6-10-14-18;1-7(10)5-8-3-2-4-9-6-8;1-2/h5-14,19-20H,3-4,15-16,21H2,1-2H3;2-4,6H,5H2,1H3;1-2H3. The highest BCUT2D eigenvalue weighted by molar-refractivity contribution is 5.77. The molecule has 0 bridgehead atoms. The molecule has 0 aliphatic carbocycles. The van der Waals surface area contributed by atoms with Crippen molar-refractivity contribution in [2.75, 3.05) is 13.1 Å². The molecule has 1 atom stereocenters. The van der Waals surface area contributed by atoms with Crippen LogP contribution in [0.1, 0.15) is 70.2 Å². The van der Waals surface area contributed by atoms with Gasteiger partial charge in [0.1, 0.15) is 5.78 Å². The summed E-state index contributed by atoms with van der Waals surface area (Å²) in [5, 5.41) is 0. The molecule has 1 heterocycles. The monoisotopic (exact) mass is 461 g/mol. The molecule has 184 valence electrons. The fourth-order valence-corrected chi connectivity index (χ4v) is 3.95. The number of nitrogens with zero attached hydrogens (tertiary/aromatic N) is 2. The maximum absolute atomic E-state index is 10.6. The Morgan fingerprint density at radius 1 is 0.912 bits per heavy atom. The number of nitrogens with two attached hydrogens (primary N) is 1. The minimum absolute atomic E-state index is 0.174. The van der Waals surface area contributed by atoms with Gasteiger partial charge in [-0.1, -0.05) is 94.4 Å². The fraction of sp³-hybridized carbons (Fsp3) is 0.400. The number of ketones is 1. The van der Waals surface area contributed by atoms with Crippen LogP contribution in [0.4, 0.5) is 0 Å². The number of Topliss-reactive ketones (excluding diaryl/α,β-unsaturated/α-hetero) is 1. The van der Waals surface area contributed by atoms with Crippen molar-refractivity contribution in [2.24, 2.45) is 5.73 Å². The Balaban J connectivity index is 0.000000402. The quantitative estimate of drug-likeness (QED) is 0.376. The smallest absolute Gasteiger partial charge is 0.134 e. The molecule has 34 heavy (non-hydrogen) atoms. The molecule has 2 N–H and O–H groups in total. The molecule has 0 aliphatic rings. The van der Waals surface area contributed by atoms with E-state index in [4.69, 9.17) is 5.73 Å². The van der Waals surface area contributed by atoms with E-state index in [2.05, 4.69) is 84.4 Å². The van der Waals surface area contributed by atoms with Crippen LogP contribution < -0.4 is 5.73 Å². The van der Waals surface area contributed by atoms with Crippen LogP contribution in [0.25, 0.3) is 0 Å². The summed E-state index contributed by atoms with van der Waals surface area (Å²) in [4.78, 5) is 17.0. The zero-order valence-electron chi connectivity index (χ0n) is 21.7. The number of rotatable bonds is 10. The molecule has 2 aromatic carbocycles. The van der Waals surface area contributed by atoms with E-state index in [9.17, 15) is 4.79 Å². The molecule has 0 fully saturated rings. The third kappa shape index (κ3) is 9.98. The van der Waals surface area contributed by atoms with E-state index in [1.807, 2.05) is 26.0 Å². The Hall–Kier alpha value is -2.82. The van der Waals surface area contributed by atoms with E-state index in [1.165, 1.54) is 11.1 Å². The van der Waals surface area contributed by atoms with E-state index >= 15 is 0 Å². The maximum atomic E-state index is 10.6. The first-order valence-corrected chi connectivity index (χ1v) is 12.5. The average molecular weight is 462 g/mol. The Labute approximate surface area is 207 Å². The van der Waals surface area contributed by atoms with Crippen LogP contribution in [0.3, 0.4) is 0 Å². The van der Waals surface area contributed by atoms with E-state index in [-0.39, 0.29) is 11.8 Å². The predicted molar refractivity (Wildman–Crippen MR) is 145 cm³/mol. The van der Waals surface area contributed by atoms with Gasteiger partial charge in [-0.15, -0.1) is 0 Å². The van der Waals surface area contributed by atoms with Crippen LogP contribution in [0, 0.1) is 0 Å². The number of hydrogen-bond donors (Lipinski definition) is 1. The highest BCUT2D eigenvalue weighted by Gasteiger charge is 2.26. The van der Waals surface area contributed by atoms with E-state index in [0.717, 1.165) is 24.9 Å². The highest BCUT2D eigenvalue weighted by Crippen LogP contribution is 2.31. The summed E-state index contributed by atoms with van der Waals surface area (Å²) in [6, 6.07) is 26.0. The summed E-state index contributed by atoms with van der Waals surface area (Å²) in [6.07, 6.45) is 6.11. The molecular formula is C30H43N3O. The Bertz CT molecular complexity index is 841. The van der Waals surface area contributed by atoms with E-state index in [1.54, 1.807) is 19.3 Å². The SMILES string of the molecule is CC.CC(=O)Cc1cccnc1.CCCN(C(CC)CN)C(c1ccccc1)c1ccccc1. The summed E-state index contributed by atoms with van der Waals surface area (Å²) >= 11 is 0. The van der Waals surface area contributed by atoms with E-state index in [0.29, 0.717) is 19.0 Å². The summed E-state index contributed by atoms with van der Waals surface area (Å²) < 4.78 is 0. The van der Waals surface area contributed by atoms with Crippen LogP contribution in [-0.4, -0.2) is 34.8 Å². The second kappa shape index (κ2) is 17.6. The lowest BCUT2D eigenvalue weighted by Crippen LogP contribution is -2.43. The summed E-state index contributed by atoms with van der Waals surface area (Å²) in [6.45, 7) is 11.8. The molecule has 4 heteroatoms. The lowest BCUT2D eigenvalue weighted by Gasteiger charge is -2.38. The van der Waals surface area contributed by atoms with Crippen molar-refractivity contribution in [3.8, 4) is 0 Å². The van der Waals surface area contributed by atoms with Crippen LogP contribution in [-0.2, 0) is 11.2 Å². The van der Waals surface area contributed by atoms with Gasteiger partial charge in [0.05, 0.1) is 6.04 Å². The van der Waals surface area contributed by atoms with Crippen LogP contribution in [0.15, 0.2) is 85.2 Å². The lowest BCUT2D eigenvalue weighted by molar-refractivity contribution is -0.116. The molecule has 4 nitrogen and oxygen atoms in total. The second-order valence-corrected chi connectivity index (χ2v) is 8.00. The van der Waals surface area contributed by atoms with Crippen LogP contribution in [0.2, 0.25) is 0 Å². The molecule has 0 saturated heterocycles. The first-order chi connectivity index (χ1) is 16.6. The number of carbonyl (C=O) groups excluding carboxylic acids is 1. The first-order valence-electron chi connectivity index (χ1n) is 12.5. The van der Waals surface area contributed by atoms with Crippen molar-refractivity contribution in [1.82, 2.24) is 9.88 Å². The molecule has 0 saturated carbocycles. The average Bonchev–Trinajstić information content (AvgIpc) is 2.88. The summed E-state index contributed by atoms with van der Waals surface area (Å²) in [5.41, 5.74) is 9.73. The van der Waals surface area contributed by atoms with Crippen LogP contribution in [0.5, 0.6) is 0 Å². The molecule has 0 radical (unpaired) electrons. The van der Waals surface area contributed by atoms with Gasteiger partial charge in [-0.3, -0.25) is 14.7 Å². The molecule has 3 aromatic rings. The Morgan fingerprint density at radius 2 is 1.47 bits per heavy atom. The molecule has 0 aliphatic heterocycles. The van der Waals surface area contributed by atoms with Crippen molar-refractivity contribution >= 4 is 5.78 Å². The molecule has 1 unspecified atom stereocenters. The van der Waals surface area contributed by atoms with Crippen LogP contribution >= 0.6 is 0 Å². The Kier molecular flexibility index (Phi) is 15.1. The Morgan fingerprint density at radius 3 is 1.85 bits per heavy atom. The minimum atomic E-state index is 0.174. The van der Waals surface area contributed by atoms with Gasteiger partial charge >= 0.3 is 0 Å². The van der Waals surface area contributed by atoms with Crippen molar-refractivity contribution in [2.45, 2.75) is 66.0 Å².